The Labute approximate surface area is 193 Å². The molecule has 0 unspecified atom stereocenters. The number of sulfonamides is 1. The first-order valence-electron chi connectivity index (χ1n) is 10.1. The first kappa shape index (κ1) is 25.9. The molecule has 0 aliphatic carbocycles. The van der Waals surface area contributed by atoms with Crippen LogP contribution in [-0.2, 0) is 24.3 Å². The van der Waals surface area contributed by atoms with Crippen LogP contribution in [0.1, 0.15) is 44.7 Å². The van der Waals surface area contributed by atoms with E-state index in [1.54, 1.807) is 12.1 Å². The third kappa shape index (κ3) is 7.31. The van der Waals surface area contributed by atoms with Crippen LogP contribution in [0, 0.1) is 13.8 Å². The molecule has 0 atom stereocenters. The third-order valence-electron chi connectivity index (χ3n) is 4.72. The van der Waals surface area contributed by atoms with Gasteiger partial charge in [-0.15, -0.1) is 0 Å². The van der Waals surface area contributed by atoms with Crippen LogP contribution < -0.4 is 9.62 Å². The lowest BCUT2D eigenvalue weighted by Gasteiger charge is -2.23. The Balaban J connectivity index is 2.12. The van der Waals surface area contributed by atoms with Crippen molar-refractivity contribution < 1.29 is 32.3 Å². The average Bonchev–Trinajstić information content (AvgIpc) is 2.73. The number of hydrogen-bond acceptors (Lipinski definition) is 7. The van der Waals surface area contributed by atoms with Gasteiger partial charge in [0.25, 0.3) is 0 Å². The van der Waals surface area contributed by atoms with E-state index in [4.69, 9.17) is 0 Å². The molecule has 178 valence electrons. The molecule has 1 amide bonds. The van der Waals surface area contributed by atoms with Crippen LogP contribution in [0.3, 0.4) is 0 Å². The average molecular weight is 477 g/mol. The number of esters is 2. The van der Waals surface area contributed by atoms with Crippen molar-refractivity contribution in [2.75, 3.05) is 36.6 Å². The molecule has 0 aliphatic rings. The van der Waals surface area contributed by atoms with Crippen LogP contribution in [0.4, 0.5) is 11.4 Å². The molecule has 0 saturated carbocycles. The number of methoxy groups -OCH3 is 2. The molecular weight excluding hydrogens is 448 g/mol. The van der Waals surface area contributed by atoms with Gasteiger partial charge in [-0.1, -0.05) is 6.07 Å². The van der Waals surface area contributed by atoms with Gasteiger partial charge in [-0.2, -0.15) is 0 Å². The van der Waals surface area contributed by atoms with Crippen molar-refractivity contribution in [3.8, 4) is 0 Å². The topological polar surface area (TPSA) is 119 Å². The first-order valence-corrected chi connectivity index (χ1v) is 12.0. The summed E-state index contributed by atoms with van der Waals surface area (Å²) in [6.07, 6.45) is 1.40. The summed E-state index contributed by atoms with van der Waals surface area (Å²) in [4.78, 5) is 36.3. The van der Waals surface area contributed by atoms with Crippen LogP contribution in [0.5, 0.6) is 0 Å². The zero-order chi connectivity index (χ0) is 24.8. The predicted molar refractivity (Wildman–Crippen MR) is 125 cm³/mol. The second kappa shape index (κ2) is 11.0. The highest BCUT2D eigenvalue weighted by molar-refractivity contribution is 7.92. The standard InChI is InChI=1S/C23H28N2O7S/c1-15-9-16(2)11-20(10-15)25(33(5,29)30)8-6-7-21(26)24-19-13-17(22(27)31-3)12-18(14-19)23(28)32-4/h9-14H,6-8H2,1-5H3,(H,24,26). The summed E-state index contributed by atoms with van der Waals surface area (Å²) >= 11 is 0. The molecule has 0 heterocycles. The maximum Gasteiger partial charge on any atom is 0.337 e. The van der Waals surface area contributed by atoms with Crippen molar-refractivity contribution in [1.29, 1.82) is 0 Å². The zero-order valence-electron chi connectivity index (χ0n) is 19.3. The largest absolute Gasteiger partial charge is 0.465 e. The Morgan fingerprint density at radius 3 is 1.85 bits per heavy atom. The van der Waals surface area contributed by atoms with Crippen molar-refractivity contribution in [2.45, 2.75) is 26.7 Å². The van der Waals surface area contributed by atoms with E-state index < -0.39 is 27.9 Å². The molecule has 0 fully saturated rings. The van der Waals surface area contributed by atoms with Gasteiger partial charge >= 0.3 is 11.9 Å². The molecule has 0 radical (unpaired) electrons. The molecule has 2 rings (SSSR count). The summed E-state index contributed by atoms with van der Waals surface area (Å²) in [5.41, 5.74) is 2.79. The van der Waals surface area contributed by atoms with Crippen molar-refractivity contribution in [1.82, 2.24) is 0 Å². The number of carbonyl (C=O) groups excluding carboxylic acids is 3. The normalized spacial score (nSPS) is 10.9. The van der Waals surface area contributed by atoms with Crippen molar-refractivity contribution in [3.63, 3.8) is 0 Å². The number of rotatable bonds is 9. The van der Waals surface area contributed by atoms with E-state index in [0.29, 0.717) is 5.69 Å². The maximum absolute atomic E-state index is 12.5. The summed E-state index contributed by atoms with van der Waals surface area (Å²) in [6, 6.07) is 9.58. The maximum atomic E-state index is 12.5. The molecule has 0 spiro atoms. The summed E-state index contributed by atoms with van der Waals surface area (Å²) in [5, 5.41) is 2.63. The summed E-state index contributed by atoms with van der Waals surface area (Å²) < 4.78 is 35.3. The quantitative estimate of drug-likeness (QED) is 0.553. The Morgan fingerprint density at radius 2 is 1.39 bits per heavy atom. The Hall–Kier alpha value is -3.40. The molecule has 1 N–H and O–H groups in total. The van der Waals surface area contributed by atoms with Crippen LogP contribution in [0.25, 0.3) is 0 Å². The fourth-order valence-electron chi connectivity index (χ4n) is 3.36. The number of anilines is 2. The molecule has 0 bridgehead atoms. The SMILES string of the molecule is COC(=O)c1cc(NC(=O)CCCN(c2cc(C)cc(C)c2)S(C)(=O)=O)cc(C(=O)OC)c1. The second-order valence-corrected chi connectivity index (χ2v) is 9.52. The zero-order valence-corrected chi connectivity index (χ0v) is 20.1. The van der Waals surface area contributed by atoms with E-state index in [-0.39, 0.29) is 36.2 Å². The van der Waals surface area contributed by atoms with E-state index >= 15 is 0 Å². The van der Waals surface area contributed by atoms with E-state index in [1.165, 1.54) is 36.7 Å². The molecule has 0 saturated heterocycles. The number of amides is 1. The monoisotopic (exact) mass is 476 g/mol. The third-order valence-corrected chi connectivity index (χ3v) is 5.91. The van der Waals surface area contributed by atoms with E-state index in [0.717, 1.165) is 17.4 Å². The van der Waals surface area contributed by atoms with Crippen LogP contribution >= 0.6 is 0 Å². The lowest BCUT2D eigenvalue weighted by molar-refractivity contribution is -0.116. The predicted octanol–water partition coefficient (Wildman–Crippen LogP) is 3.06. The van der Waals surface area contributed by atoms with Gasteiger partial charge in [-0.3, -0.25) is 9.10 Å². The van der Waals surface area contributed by atoms with Gasteiger partial charge in [-0.25, -0.2) is 18.0 Å². The second-order valence-electron chi connectivity index (χ2n) is 7.61. The van der Waals surface area contributed by atoms with Crippen molar-refractivity contribution >= 4 is 39.2 Å². The molecule has 10 heteroatoms. The Bertz CT molecular complexity index is 1100. The van der Waals surface area contributed by atoms with Gasteiger partial charge in [-0.05, 0) is 61.7 Å². The molecule has 9 nitrogen and oxygen atoms in total. The number of carbonyl (C=O) groups is 3. The molecule has 2 aromatic rings. The highest BCUT2D eigenvalue weighted by atomic mass is 32.2. The number of aryl methyl sites for hydroxylation is 2. The van der Waals surface area contributed by atoms with Gasteiger partial charge < -0.3 is 14.8 Å². The smallest absolute Gasteiger partial charge is 0.337 e. The van der Waals surface area contributed by atoms with Gasteiger partial charge in [0, 0.05) is 18.7 Å². The van der Waals surface area contributed by atoms with Crippen LogP contribution in [0.15, 0.2) is 36.4 Å². The summed E-state index contributed by atoms with van der Waals surface area (Å²) in [6.45, 7) is 3.88. The minimum absolute atomic E-state index is 0.0207. The van der Waals surface area contributed by atoms with Gasteiger partial charge in [0.05, 0.1) is 37.3 Å². The molecular formula is C23H28N2O7S. The highest BCUT2D eigenvalue weighted by Gasteiger charge is 2.19. The van der Waals surface area contributed by atoms with Gasteiger partial charge in [0.15, 0.2) is 0 Å². The number of nitrogens with one attached hydrogen (secondary N) is 1. The fourth-order valence-corrected chi connectivity index (χ4v) is 4.31. The van der Waals surface area contributed by atoms with Crippen LogP contribution in [0.2, 0.25) is 0 Å². The first-order chi connectivity index (χ1) is 15.4. The van der Waals surface area contributed by atoms with E-state index in [1.807, 2.05) is 19.9 Å². The minimum Gasteiger partial charge on any atom is -0.465 e. The number of hydrogen-bond donors (Lipinski definition) is 1. The molecule has 0 aliphatic heterocycles. The van der Waals surface area contributed by atoms with Crippen molar-refractivity contribution in [3.05, 3.63) is 58.7 Å². The minimum atomic E-state index is -3.55. The molecule has 33 heavy (non-hydrogen) atoms. The lowest BCUT2D eigenvalue weighted by atomic mass is 10.1. The lowest BCUT2D eigenvalue weighted by Crippen LogP contribution is -2.31. The number of nitrogens with zero attached hydrogens (tertiary/aromatic N) is 1. The van der Waals surface area contributed by atoms with Crippen molar-refractivity contribution in [2.24, 2.45) is 0 Å². The van der Waals surface area contributed by atoms with Gasteiger partial charge in [0.2, 0.25) is 15.9 Å². The highest BCUT2D eigenvalue weighted by Crippen LogP contribution is 2.22. The fraction of sp³-hybridized carbons (Fsp3) is 0.348. The Morgan fingerprint density at radius 1 is 0.879 bits per heavy atom. The number of benzene rings is 2. The Kier molecular flexibility index (Phi) is 8.58. The summed E-state index contributed by atoms with van der Waals surface area (Å²) in [7, 11) is -1.14. The number of ether oxygens (including phenoxy) is 2. The van der Waals surface area contributed by atoms with Gasteiger partial charge in [0.1, 0.15) is 0 Å². The summed E-state index contributed by atoms with van der Waals surface area (Å²) in [5.74, 6) is -1.75. The molecule has 0 aromatic heterocycles. The van der Waals surface area contributed by atoms with E-state index in [2.05, 4.69) is 14.8 Å². The molecule has 2 aromatic carbocycles. The van der Waals surface area contributed by atoms with Crippen LogP contribution in [-0.4, -0.2) is 53.3 Å². The van der Waals surface area contributed by atoms with E-state index in [9.17, 15) is 22.8 Å².